The van der Waals surface area contributed by atoms with Gasteiger partial charge in [0.2, 0.25) is 0 Å². The Morgan fingerprint density at radius 1 is 1.50 bits per heavy atom. The fraction of sp³-hybridized carbons (Fsp3) is 0.250. The lowest BCUT2D eigenvalue weighted by atomic mass is 10.7. The van der Waals surface area contributed by atoms with Gasteiger partial charge in [0, 0.05) is 19.3 Å². The van der Waals surface area contributed by atoms with Crippen LogP contribution in [0.1, 0.15) is 5.82 Å². The number of H-pyrrole nitrogens is 1. The second-order valence-electron chi connectivity index (χ2n) is 3.31. The van der Waals surface area contributed by atoms with Crippen LogP contribution in [0.2, 0.25) is 0 Å². The van der Waals surface area contributed by atoms with E-state index in [0.29, 0.717) is 5.82 Å². The van der Waals surface area contributed by atoms with E-state index in [1.165, 1.54) is 10.9 Å². The van der Waals surface area contributed by atoms with Crippen molar-refractivity contribution in [1.29, 1.82) is 0 Å². The second kappa shape index (κ2) is 3.63. The van der Waals surface area contributed by atoms with Crippen LogP contribution >= 0.6 is 0 Å². The number of aromatic amines is 1. The molecule has 2 aromatic rings. The first-order chi connectivity index (χ1) is 7.47. The molecule has 8 heteroatoms. The van der Waals surface area contributed by atoms with E-state index in [1.807, 2.05) is 0 Å². The monoisotopic (exact) mass is 241 g/mol. The van der Waals surface area contributed by atoms with Gasteiger partial charge in [-0.3, -0.25) is 9.40 Å². The van der Waals surface area contributed by atoms with Crippen molar-refractivity contribution in [3.8, 4) is 0 Å². The van der Waals surface area contributed by atoms with Crippen LogP contribution in [0, 0.1) is 6.92 Å². The molecule has 0 unspecified atom stereocenters. The van der Waals surface area contributed by atoms with Crippen LogP contribution in [0.15, 0.2) is 23.5 Å². The van der Waals surface area contributed by atoms with Gasteiger partial charge in [0.15, 0.2) is 10.8 Å². The van der Waals surface area contributed by atoms with Gasteiger partial charge in [-0.25, -0.2) is 4.98 Å². The predicted molar refractivity (Wildman–Crippen MR) is 57.3 cm³/mol. The molecule has 0 radical (unpaired) electrons. The Bertz CT molecular complexity index is 597. The molecule has 2 heterocycles. The number of rotatable bonds is 3. The van der Waals surface area contributed by atoms with Crippen molar-refractivity contribution in [2.75, 3.05) is 4.72 Å². The average Bonchev–Trinajstić information content (AvgIpc) is 2.75. The second-order valence-corrected chi connectivity index (χ2v) is 4.96. The van der Waals surface area contributed by atoms with E-state index in [9.17, 15) is 8.42 Å². The van der Waals surface area contributed by atoms with Crippen LogP contribution in [0.5, 0.6) is 0 Å². The van der Waals surface area contributed by atoms with E-state index in [4.69, 9.17) is 0 Å². The molecule has 7 nitrogen and oxygen atoms in total. The molecule has 86 valence electrons. The van der Waals surface area contributed by atoms with Crippen molar-refractivity contribution in [2.45, 2.75) is 11.9 Å². The minimum absolute atomic E-state index is 0.0238. The number of aryl methyl sites for hydroxylation is 2. The van der Waals surface area contributed by atoms with Gasteiger partial charge in [-0.1, -0.05) is 0 Å². The highest BCUT2D eigenvalue weighted by Gasteiger charge is 2.17. The maximum atomic E-state index is 11.8. The van der Waals surface area contributed by atoms with E-state index in [2.05, 4.69) is 19.8 Å². The van der Waals surface area contributed by atoms with Crippen LogP contribution in [0.4, 0.5) is 5.82 Å². The zero-order chi connectivity index (χ0) is 11.8. The molecule has 16 heavy (non-hydrogen) atoms. The average molecular weight is 241 g/mol. The number of hydrogen-bond donors (Lipinski definition) is 2. The van der Waals surface area contributed by atoms with Gasteiger partial charge in [0.25, 0.3) is 10.0 Å². The van der Waals surface area contributed by atoms with E-state index in [-0.39, 0.29) is 10.8 Å². The summed E-state index contributed by atoms with van der Waals surface area (Å²) in [5.74, 6) is 0.816. The third-order valence-corrected chi connectivity index (χ3v) is 3.19. The normalized spacial score (nSPS) is 11.6. The van der Waals surface area contributed by atoms with Gasteiger partial charge < -0.3 is 4.98 Å². The number of imidazole rings is 1. The maximum Gasteiger partial charge on any atom is 0.280 e. The summed E-state index contributed by atoms with van der Waals surface area (Å²) in [6, 6.07) is 1.57. The Kier molecular flexibility index (Phi) is 2.43. The Labute approximate surface area is 92.6 Å². The Morgan fingerprint density at radius 2 is 2.25 bits per heavy atom. The van der Waals surface area contributed by atoms with Crippen LogP contribution in [0.25, 0.3) is 0 Å². The van der Waals surface area contributed by atoms with E-state index in [1.54, 1.807) is 26.2 Å². The minimum Gasteiger partial charge on any atom is -0.332 e. The molecule has 0 aromatic carbocycles. The molecule has 0 aliphatic carbocycles. The summed E-state index contributed by atoms with van der Waals surface area (Å²) >= 11 is 0. The Balaban J connectivity index is 2.27. The molecule has 0 atom stereocenters. The molecule has 0 aliphatic rings. The fourth-order valence-corrected chi connectivity index (χ4v) is 2.16. The van der Waals surface area contributed by atoms with E-state index < -0.39 is 10.0 Å². The summed E-state index contributed by atoms with van der Waals surface area (Å²) in [6.07, 6.45) is 2.91. The number of sulfonamides is 1. The predicted octanol–water partition coefficient (Wildman–Crippen LogP) is 0.252. The molecule has 0 bridgehead atoms. The van der Waals surface area contributed by atoms with Crippen molar-refractivity contribution in [3.63, 3.8) is 0 Å². The summed E-state index contributed by atoms with van der Waals surface area (Å²) < 4.78 is 27.4. The van der Waals surface area contributed by atoms with Gasteiger partial charge in [0.1, 0.15) is 5.82 Å². The lowest BCUT2D eigenvalue weighted by Gasteiger charge is -2.01. The zero-order valence-electron chi connectivity index (χ0n) is 8.80. The maximum absolute atomic E-state index is 11.8. The fourth-order valence-electron chi connectivity index (χ4n) is 1.20. The van der Waals surface area contributed by atoms with Crippen molar-refractivity contribution < 1.29 is 8.42 Å². The highest BCUT2D eigenvalue weighted by Crippen LogP contribution is 2.11. The van der Waals surface area contributed by atoms with Crippen LogP contribution < -0.4 is 4.72 Å². The molecule has 0 spiro atoms. The third kappa shape index (κ3) is 2.06. The van der Waals surface area contributed by atoms with Crippen LogP contribution in [0.3, 0.4) is 0 Å². The third-order valence-electron chi connectivity index (χ3n) is 1.92. The first-order valence-corrected chi connectivity index (χ1v) is 6.00. The SMILES string of the molecule is Cc1ncc(S(=O)(=O)Nc2ccn(C)n2)[nH]1. The molecule has 0 amide bonds. The Hall–Kier alpha value is -1.83. The summed E-state index contributed by atoms with van der Waals surface area (Å²) in [6.45, 7) is 1.68. The zero-order valence-corrected chi connectivity index (χ0v) is 9.61. The standard InChI is InChI=1S/C8H11N5O2S/c1-6-9-5-8(10-6)16(14,15)12-7-3-4-13(2)11-7/h3-5H,1-2H3,(H,9,10)(H,11,12). The topological polar surface area (TPSA) is 92.7 Å². The molecule has 2 aromatic heterocycles. The Morgan fingerprint density at radius 3 is 2.75 bits per heavy atom. The molecular weight excluding hydrogens is 230 g/mol. The number of anilines is 1. The summed E-state index contributed by atoms with van der Waals surface area (Å²) in [7, 11) is -1.92. The molecular formula is C8H11N5O2S. The van der Waals surface area contributed by atoms with E-state index in [0.717, 1.165) is 0 Å². The van der Waals surface area contributed by atoms with Crippen LogP contribution in [-0.4, -0.2) is 28.2 Å². The van der Waals surface area contributed by atoms with Gasteiger partial charge in [0.05, 0.1) is 6.20 Å². The van der Waals surface area contributed by atoms with Gasteiger partial charge in [-0.05, 0) is 6.92 Å². The first kappa shape index (κ1) is 10.7. The number of nitrogens with zero attached hydrogens (tertiary/aromatic N) is 3. The summed E-state index contributed by atoms with van der Waals surface area (Å²) in [5, 5.41) is 3.94. The first-order valence-electron chi connectivity index (χ1n) is 4.51. The van der Waals surface area contributed by atoms with Gasteiger partial charge >= 0.3 is 0 Å². The molecule has 0 aliphatic heterocycles. The molecule has 0 saturated carbocycles. The van der Waals surface area contributed by atoms with Crippen molar-refractivity contribution in [2.24, 2.45) is 7.05 Å². The largest absolute Gasteiger partial charge is 0.332 e. The number of aromatic nitrogens is 4. The number of hydrogen-bond acceptors (Lipinski definition) is 4. The lowest BCUT2D eigenvalue weighted by molar-refractivity contribution is 0.597. The van der Waals surface area contributed by atoms with Crippen molar-refractivity contribution in [3.05, 3.63) is 24.3 Å². The highest BCUT2D eigenvalue weighted by molar-refractivity contribution is 7.92. The lowest BCUT2D eigenvalue weighted by Crippen LogP contribution is -2.14. The smallest absolute Gasteiger partial charge is 0.280 e. The van der Waals surface area contributed by atoms with E-state index >= 15 is 0 Å². The summed E-state index contributed by atoms with van der Waals surface area (Å²) in [5.41, 5.74) is 0. The molecule has 0 saturated heterocycles. The van der Waals surface area contributed by atoms with Crippen molar-refractivity contribution in [1.82, 2.24) is 19.7 Å². The summed E-state index contributed by atoms with van der Waals surface area (Å²) in [4.78, 5) is 6.48. The van der Waals surface area contributed by atoms with Crippen LogP contribution in [-0.2, 0) is 17.1 Å². The molecule has 2 N–H and O–H groups in total. The number of nitrogens with one attached hydrogen (secondary N) is 2. The molecule has 2 rings (SSSR count). The minimum atomic E-state index is -3.62. The van der Waals surface area contributed by atoms with Gasteiger partial charge in [-0.15, -0.1) is 0 Å². The van der Waals surface area contributed by atoms with Gasteiger partial charge in [-0.2, -0.15) is 13.5 Å². The van der Waals surface area contributed by atoms with Crippen molar-refractivity contribution >= 4 is 15.8 Å². The highest BCUT2D eigenvalue weighted by atomic mass is 32.2. The molecule has 0 fully saturated rings. The quantitative estimate of drug-likeness (QED) is 0.805.